The van der Waals surface area contributed by atoms with Crippen LogP contribution in [0.5, 0.6) is 0 Å². The molecule has 0 atom stereocenters. The normalized spacial score (nSPS) is 16.2. The van der Waals surface area contributed by atoms with Gasteiger partial charge in [0.2, 0.25) is 0 Å². The third-order valence-electron chi connectivity index (χ3n) is 3.50. The molecule has 1 fully saturated rings. The lowest BCUT2D eigenvalue weighted by molar-refractivity contribution is 0.405. The Morgan fingerprint density at radius 3 is 2.65 bits per heavy atom. The van der Waals surface area contributed by atoms with Gasteiger partial charge in [-0.2, -0.15) is 0 Å². The van der Waals surface area contributed by atoms with Crippen molar-refractivity contribution in [3.05, 3.63) is 27.4 Å². The Hall–Kier alpha value is -1.16. The van der Waals surface area contributed by atoms with Gasteiger partial charge in [-0.1, -0.05) is 20.3 Å². The van der Waals surface area contributed by atoms with Crippen molar-refractivity contribution in [1.29, 1.82) is 0 Å². The predicted molar refractivity (Wildman–Crippen MR) is 68.3 cm³/mol. The molecule has 1 aromatic rings. The van der Waals surface area contributed by atoms with Gasteiger partial charge in [0.1, 0.15) is 5.82 Å². The Kier molecular flexibility index (Phi) is 3.62. The van der Waals surface area contributed by atoms with Crippen LogP contribution in [0.15, 0.2) is 4.79 Å². The molecule has 1 aromatic heterocycles. The number of aromatic amines is 1. The van der Waals surface area contributed by atoms with Crippen LogP contribution in [-0.4, -0.2) is 16.5 Å². The molecule has 1 aliphatic rings. The number of H-pyrrole nitrogens is 1. The van der Waals surface area contributed by atoms with Gasteiger partial charge in [0.05, 0.1) is 5.69 Å². The lowest BCUT2D eigenvalue weighted by Gasteiger charge is -2.27. The van der Waals surface area contributed by atoms with Crippen molar-refractivity contribution in [2.75, 3.05) is 6.54 Å². The van der Waals surface area contributed by atoms with Crippen molar-refractivity contribution in [2.24, 2.45) is 5.73 Å². The molecule has 4 heteroatoms. The second-order valence-electron chi connectivity index (χ2n) is 5.14. The Balaban J connectivity index is 2.46. The minimum Gasteiger partial charge on any atom is -0.330 e. The van der Waals surface area contributed by atoms with E-state index in [0.717, 1.165) is 29.9 Å². The van der Waals surface area contributed by atoms with Crippen LogP contribution in [0.2, 0.25) is 0 Å². The van der Waals surface area contributed by atoms with Crippen molar-refractivity contribution in [3.8, 4) is 0 Å². The minimum absolute atomic E-state index is 0.0102. The van der Waals surface area contributed by atoms with E-state index in [1.807, 2.05) is 13.8 Å². The van der Waals surface area contributed by atoms with E-state index in [0.29, 0.717) is 18.9 Å². The summed E-state index contributed by atoms with van der Waals surface area (Å²) in [6.07, 6.45) is 4.20. The molecular formula is C13H21N3O. The molecule has 0 aromatic carbocycles. The third kappa shape index (κ3) is 2.41. The number of rotatable bonds is 4. The van der Waals surface area contributed by atoms with Gasteiger partial charge in [-0.05, 0) is 25.8 Å². The average molecular weight is 235 g/mol. The van der Waals surface area contributed by atoms with E-state index in [2.05, 4.69) is 9.97 Å². The second-order valence-corrected chi connectivity index (χ2v) is 5.14. The Labute approximate surface area is 102 Å². The molecule has 1 heterocycles. The number of hydrogen-bond donors (Lipinski definition) is 2. The van der Waals surface area contributed by atoms with Crippen LogP contribution >= 0.6 is 0 Å². The summed E-state index contributed by atoms with van der Waals surface area (Å²) in [7, 11) is 0. The van der Waals surface area contributed by atoms with Crippen LogP contribution in [0.3, 0.4) is 0 Å². The summed E-state index contributed by atoms with van der Waals surface area (Å²) in [4.78, 5) is 19.6. The Morgan fingerprint density at radius 1 is 1.47 bits per heavy atom. The highest BCUT2D eigenvalue weighted by Crippen LogP contribution is 2.36. The number of nitrogens with zero attached hydrogens (tertiary/aromatic N) is 1. The van der Waals surface area contributed by atoms with Gasteiger partial charge in [-0.3, -0.25) is 4.79 Å². The topological polar surface area (TPSA) is 71.8 Å². The van der Waals surface area contributed by atoms with Gasteiger partial charge in [0, 0.05) is 17.4 Å². The highest BCUT2D eigenvalue weighted by molar-refractivity contribution is 5.24. The molecule has 4 nitrogen and oxygen atoms in total. The van der Waals surface area contributed by atoms with E-state index in [-0.39, 0.29) is 11.5 Å². The van der Waals surface area contributed by atoms with Crippen molar-refractivity contribution < 1.29 is 0 Å². The summed E-state index contributed by atoms with van der Waals surface area (Å²) < 4.78 is 0. The average Bonchev–Trinajstić information content (AvgIpc) is 2.19. The second kappa shape index (κ2) is 5.00. The first-order valence-electron chi connectivity index (χ1n) is 6.46. The Bertz CT molecular complexity index is 446. The number of aromatic nitrogens is 2. The zero-order valence-corrected chi connectivity index (χ0v) is 10.6. The predicted octanol–water partition coefficient (Wildman–Crippen LogP) is 1.66. The van der Waals surface area contributed by atoms with E-state index < -0.39 is 0 Å². The molecular weight excluding hydrogens is 214 g/mol. The van der Waals surface area contributed by atoms with Crippen LogP contribution < -0.4 is 11.3 Å². The molecule has 3 N–H and O–H groups in total. The van der Waals surface area contributed by atoms with Crippen LogP contribution in [-0.2, 0) is 6.42 Å². The fraction of sp³-hybridized carbons (Fsp3) is 0.692. The summed E-state index contributed by atoms with van der Waals surface area (Å²) in [5, 5.41) is 0. The number of hydrogen-bond acceptors (Lipinski definition) is 3. The fourth-order valence-corrected chi connectivity index (χ4v) is 2.21. The van der Waals surface area contributed by atoms with Crippen molar-refractivity contribution in [1.82, 2.24) is 9.97 Å². The maximum Gasteiger partial charge on any atom is 0.254 e. The molecule has 0 saturated heterocycles. The highest BCUT2D eigenvalue weighted by atomic mass is 16.1. The van der Waals surface area contributed by atoms with Crippen molar-refractivity contribution in [3.63, 3.8) is 0 Å². The third-order valence-corrected chi connectivity index (χ3v) is 3.50. The van der Waals surface area contributed by atoms with E-state index in [1.54, 1.807) is 0 Å². The van der Waals surface area contributed by atoms with E-state index in [9.17, 15) is 4.79 Å². The summed E-state index contributed by atoms with van der Waals surface area (Å²) in [6, 6.07) is 0. The van der Waals surface area contributed by atoms with Gasteiger partial charge in [0.15, 0.2) is 0 Å². The molecule has 0 aliphatic heterocycles. The summed E-state index contributed by atoms with van der Waals surface area (Å²) in [6.45, 7) is 4.60. The molecule has 0 bridgehead atoms. The molecule has 1 saturated carbocycles. The van der Waals surface area contributed by atoms with Gasteiger partial charge in [-0.25, -0.2) is 4.98 Å². The molecule has 17 heavy (non-hydrogen) atoms. The standard InChI is InChI=1S/C13H21N3O/c1-8(2)12-15-11(9-4-3-5-9)10(6-7-14)13(17)16-12/h8-9H,3-7,14H2,1-2H3,(H,15,16,17). The largest absolute Gasteiger partial charge is 0.330 e. The molecule has 0 radical (unpaired) electrons. The van der Waals surface area contributed by atoms with Crippen LogP contribution in [0.25, 0.3) is 0 Å². The monoisotopic (exact) mass is 235 g/mol. The first kappa shape index (κ1) is 12.3. The molecule has 0 unspecified atom stereocenters. The van der Waals surface area contributed by atoms with E-state index in [4.69, 9.17) is 5.73 Å². The lowest BCUT2D eigenvalue weighted by atomic mass is 9.80. The SMILES string of the molecule is CC(C)c1nc(C2CCC2)c(CCN)c(=O)[nH]1. The van der Waals surface area contributed by atoms with Gasteiger partial charge in [-0.15, -0.1) is 0 Å². The van der Waals surface area contributed by atoms with Gasteiger partial charge < -0.3 is 10.7 Å². The fourth-order valence-electron chi connectivity index (χ4n) is 2.21. The number of nitrogens with one attached hydrogen (secondary N) is 1. The van der Waals surface area contributed by atoms with Crippen LogP contribution in [0, 0.1) is 0 Å². The maximum absolute atomic E-state index is 12.0. The quantitative estimate of drug-likeness (QED) is 0.833. The van der Waals surface area contributed by atoms with E-state index >= 15 is 0 Å². The zero-order chi connectivity index (χ0) is 12.4. The number of nitrogens with two attached hydrogens (primary N) is 1. The van der Waals surface area contributed by atoms with Crippen molar-refractivity contribution >= 4 is 0 Å². The molecule has 2 rings (SSSR count). The highest BCUT2D eigenvalue weighted by Gasteiger charge is 2.25. The van der Waals surface area contributed by atoms with Gasteiger partial charge >= 0.3 is 0 Å². The summed E-state index contributed by atoms with van der Waals surface area (Å²) >= 11 is 0. The smallest absolute Gasteiger partial charge is 0.254 e. The molecule has 1 aliphatic carbocycles. The minimum atomic E-state index is 0.0102. The van der Waals surface area contributed by atoms with Crippen molar-refractivity contribution in [2.45, 2.75) is 51.4 Å². The van der Waals surface area contributed by atoms with Gasteiger partial charge in [0.25, 0.3) is 5.56 Å². The molecule has 94 valence electrons. The van der Waals surface area contributed by atoms with Crippen LogP contribution in [0.4, 0.5) is 0 Å². The molecule has 0 amide bonds. The van der Waals surface area contributed by atoms with E-state index in [1.165, 1.54) is 6.42 Å². The lowest BCUT2D eigenvalue weighted by Crippen LogP contribution is -2.26. The first-order chi connectivity index (χ1) is 8.13. The first-order valence-corrected chi connectivity index (χ1v) is 6.46. The summed E-state index contributed by atoms with van der Waals surface area (Å²) in [5.41, 5.74) is 7.40. The van der Waals surface area contributed by atoms with Crippen LogP contribution in [0.1, 0.15) is 62.0 Å². The summed E-state index contributed by atoms with van der Waals surface area (Å²) in [5.74, 6) is 1.54. The zero-order valence-electron chi connectivity index (χ0n) is 10.6. The maximum atomic E-state index is 12.0. The molecule has 0 spiro atoms. The Morgan fingerprint density at radius 2 is 2.18 bits per heavy atom.